The summed E-state index contributed by atoms with van der Waals surface area (Å²) in [6.45, 7) is 11.3. The van der Waals surface area contributed by atoms with Crippen molar-refractivity contribution in [1.82, 2.24) is 20.4 Å². The van der Waals surface area contributed by atoms with Crippen molar-refractivity contribution in [2.24, 2.45) is 5.92 Å². The van der Waals surface area contributed by atoms with Gasteiger partial charge in [0.25, 0.3) is 0 Å². The summed E-state index contributed by atoms with van der Waals surface area (Å²) in [6, 6.07) is 0.324. The molecule has 1 aliphatic heterocycles. The Balaban J connectivity index is 1.98. The third kappa shape index (κ3) is 4.30. The maximum atomic E-state index is 12.2. The van der Waals surface area contributed by atoms with Crippen molar-refractivity contribution in [2.45, 2.75) is 59.5 Å². The van der Waals surface area contributed by atoms with E-state index in [1.807, 2.05) is 11.6 Å². The fraction of sp³-hybridized carbons (Fsp3) is 0.750. The van der Waals surface area contributed by atoms with Gasteiger partial charge in [0.15, 0.2) is 0 Å². The van der Waals surface area contributed by atoms with Crippen molar-refractivity contribution < 1.29 is 4.79 Å². The van der Waals surface area contributed by atoms with Gasteiger partial charge in [-0.3, -0.25) is 9.48 Å². The van der Waals surface area contributed by atoms with Crippen LogP contribution < -0.4 is 10.6 Å². The van der Waals surface area contributed by atoms with E-state index in [1.165, 1.54) is 0 Å². The monoisotopic (exact) mass is 292 g/mol. The summed E-state index contributed by atoms with van der Waals surface area (Å²) in [5.74, 6) is 0.677. The van der Waals surface area contributed by atoms with Crippen LogP contribution in [0.2, 0.25) is 0 Å². The fourth-order valence-electron chi connectivity index (χ4n) is 2.92. The van der Waals surface area contributed by atoms with Gasteiger partial charge in [0.2, 0.25) is 5.91 Å². The molecule has 5 heteroatoms. The van der Waals surface area contributed by atoms with Crippen LogP contribution in [0.3, 0.4) is 0 Å². The summed E-state index contributed by atoms with van der Waals surface area (Å²) < 4.78 is 2.03. The largest absolute Gasteiger partial charge is 0.353 e. The number of nitrogens with zero attached hydrogens (tertiary/aromatic N) is 2. The SMILES string of the molecule is Cc1nn(CC(C)C)c(C)c1CC(=O)NC1CCNCC1. The standard InChI is InChI=1S/C16H28N4O/c1-11(2)10-20-13(4)15(12(3)19-20)9-16(21)18-14-5-7-17-8-6-14/h11,14,17H,5-10H2,1-4H3,(H,18,21). The van der Waals surface area contributed by atoms with E-state index in [2.05, 4.69) is 36.5 Å². The van der Waals surface area contributed by atoms with E-state index in [4.69, 9.17) is 0 Å². The highest BCUT2D eigenvalue weighted by atomic mass is 16.1. The maximum Gasteiger partial charge on any atom is 0.224 e. The first-order valence-electron chi connectivity index (χ1n) is 8.00. The van der Waals surface area contributed by atoms with Gasteiger partial charge in [-0.2, -0.15) is 5.10 Å². The molecule has 2 N–H and O–H groups in total. The molecule has 21 heavy (non-hydrogen) atoms. The van der Waals surface area contributed by atoms with Crippen LogP contribution in [0.4, 0.5) is 0 Å². The third-order valence-corrected chi connectivity index (χ3v) is 4.11. The van der Waals surface area contributed by atoms with Crippen molar-refractivity contribution in [1.29, 1.82) is 0 Å². The Hall–Kier alpha value is -1.36. The van der Waals surface area contributed by atoms with Crippen LogP contribution in [0.1, 0.15) is 43.6 Å². The zero-order chi connectivity index (χ0) is 15.4. The molecule has 0 bridgehead atoms. The zero-order valence-electron chi connectivity index (χ0n) is 13.7. The molecule has 2 heterocycles. The van der Waals surface area contributed by atoms with Gasteiger partial charge in [0, 0.05) is 23.8 Å². The van der Waals surface area contributed by atoms with E-state index in [9.17, 15) is 4.79 Å². The summed E-state index contributed by atoms with van der Waals surface area (Å²) in [5, 5.41) is 11.0. The van der Waals surface area contributed by atoms with Gasteiger partial charge in [-0.25, -0.2) is 0 Å². The van der Waals surface area contributed by atoms with Gasteiger partial charge in [-0.05, 0) is 45.7 Å². The molecule has 2 rings (SSSR count). The van der Waals surface area contributed by atoms with Gasteiger partial charge >= 0.3 is 0 Å². The molecule has 0 atom stereocenters. The lowest BCUT2D eigenvalue weighted by Crippen LogP contribution is -2.43. The second kappa shape index (κ2) is 7.07. The first-order valence-corrected chi connectivity index (χ1v) is 8.00. The Bertz CT molecular complexity index is 487. The molecule has 0 unspecified atom stereocenters. The quantitative estimate of drug-likeness (QED) is 0.866. The van der Waals surface area contributed by atoms with Crippen LogP contribution >= 0.6 is 0 Å². The molecule has 118 valence electrons. The average molecular weight is 292 g/mol. The van der Waals surface area contributed by atoms with Crippen molar-refractivity contribution in [3.63, 3.8) is 0 Å². The summed E-state index contributed by atoms with van der Waals surface area (Å²) >= 11 is 0. The van der Waals surface area contributed by atoms with E-state index in [0.29, 0.717) is 18.4 Å². The fourth-order valence-corrected chi connectivity index (χ4v) is 2.92. The zero-order valence-corrected chi connectivity index (χ0v) is 13.7. The minimum absolute atomic E-state index is 0.122. The first kappa shape index (κ1) is 16.0. The highest BCUT2D eigenvalue weighted by Crippen LogP contribution is 2.15. The second-order valence-corrected chi connectivity index (χ2v) is 6.49. The number of carbonyl (C=O) groups excluding carboxylic acids is 1. The van der Waals surface area contributed by atoms with Crippen molar-refractivity contribution in [2.75, 3.05) is 13.1 Å². The number of aromatic nitrogens is 2. The van der Waals surface area contributed by atoms with Crippen LogP contribution in [0.5, 0.6) is 0 Å². The number of nitrogens with one attached hydrogen (secondary N) is 2. The average Bonchev–Trinajstić information content (AvgIpc) is 2.67. The van der Waals surface area contributed by atoms with E-state index in [0.717, 1.165) is 49.4 Å². The van der Waals surface area contributed by atoms with Crippen LogP contribution in [0.15, 0.2) is 0 Å². The lowest BCUT2D eigenvalue weighted by molar-refractivity contribution is -0.121. The Morgan fingerprint density at radius 1 is 1.38 bits per heavy atom. The number of piperidine rings is 1. The van der Waals surface area contributed by atoms with E-state index >= 15 is 0 Å². The number of amides is 1. The number of rotatable bonds is 5. The van der Waals surface area contributed by atoms with E-state index < -0.39 is 0 Å². The molecule has 1 saturated heterocycles. The summed E-state index contributed by atoms with van der Waals surface area (Å²) in [5.41, 5.74) is 3.19. The number of hydrogen-bond donors (Lipinski definition) is 2. The van der Waals surface area contributed by atoms with Gasteiger partial charge in [-0.1, -0.05) is 13.8 Å². The normalized spacial score (nSPS) is 16.4. The first-order chi connectivity index (χ1) is 9.97. The topological polar surface area (TPSA) is 59.0 Å². The molecule has 0 spiro atoms. The molecule has 0 saturated carbocycles. The molecule has 1 aromatic rings. The minimum Gasteiger partial charge on any atom is -0.353 e. The van der Waals surface area contributed by atoms with Crippen LogP contribution in [-0.4, -0.2) is 34.8 Å². The third-order valence-electron chi connectivity index (χ3n) is 4.11. The molecule has 1 fully saturated rings. The number of aryl methyl sites for hydroxylation is 1. The Kier molecular flexibility index (Phi) is 5.39. The van der Waals surface area contributed by atoms with Crippen molar-refractivity contribution >= 4 is 5.91 Å². The molecule has 5 nitrogen and oxygen atoms in total. The molecule has 0 aromatic carbocycles. The van der Waals surface area contributed by atoms with E-state index in [1.54, 1.807) is 0 Å². The van der Waals surface area contributed by atoms with Gasteiger partial charge < -0.3 is 10.6 Å². The summed E-state index contributed by atoms with van der Waals surface area (Å²) in [7, 11) is 0. The van der Waals surface area contributed by atoms with Gasteiger partial charge in [-0.15, -0.1) is 0 Å². The molecule has 1 amide bonds. The molecular formula is C16H28N4O. The van der Waals surface area contributed by atoms with Crippen molar-refractivity contribution in [3.8, 4) is 0 Å². The molecular weight excluding hydrogens is 264 g/mol. The minimum atomic E-state index is 0.122. The Morgan fingerprint density at radius 2 is 2.05 bits per heavy atom. The summed E-state index contributed by atoms with van der Waals surface area (Å²) in [6.07, 6.45) is 2.49. The van der Waals surface area contributed by atoms with Crippen molar-refractivity contribution in [3.05, 3.63) is 17.0 Å². The Morgan fingerprint density at radius 3 is 2.67 bits per heavy atom. The molecule has 1 aliphatic rings. The van der Waals surface area contributed by atoms with Gasteiger partial charge in [0.1, 0.15) is 0 Å². The predicted molar refractivity (Wildman–Crippen MR) is 84.3 cm³/mol. The van der Waals surface area contributed by atoms with E-state index in [-0.39, 0.29) is 5.91 Å². The Labute approximate surface area is 127 Å². The lowest BCUT2D eigenvalue weighted by atomic mass is 10.1. The van der Waals surface area contributed by atoms with Gasteiger partial charge in [0.05, 0.1) is 12.1 Å². The van der Waals surface area contributed by atoms with Crippen LogP contribution in [0, 0.1) is 19.8 Å². The molecule has 0 radical (unpaired) electrons. The lowest BCUT2D eigenvalue weighted by Gasteiger charge is -2.23. The molecule has 0 aliphatic carbocycles. The maximum absolute atomic E-state index is 12.2. The second-order valence-electron chi connectivity index (χ2n) is 6.49. The van der Waals surface area contributed by atoms with Crippen LogP contribution in [0.25, 0.3) is 0 Å². The predicted octanol–water partition coefficient (Wildman–Crippen LogP) is 1.57. The number of hydrogen-bond acceptors (Lipinski definition) is 3. The smallest absolute Gasteiger partial charge is 0.224 e. The highest BCUT2D eigenvalue weighted by molar-refractivity contribution is 5.79. The number of carbonyl (C=O) groups is 1. The highest BCUT2D eigenvalue weighted by Gasteiger charge is 2.19. The molecule has 1 aromatic heterocycles. The summed E-state index contributed by atoms with van der Waals surface area (Å²) in [4.78, 5) is 12.2. The van der Waals surface area contributed by atoms with Crippen LogP contribution in [-0.2, 0) is 17.8 Å².